The van der Waals surface area contributed by atoms with Crippen LogP contribution >= 0.6 is 0 Å². The molecule has 3 N–H and O–H groups in total. The van der Waals surface area contributed by atoms with Crippen molar-refractivity contribution in [1.82, 2.24) is 15.6 Å². The van der Waals surface area contributed by atoms with Crippen molar-refractivity contribution in [2.45, 2.75) is 13.3 Å². The second-order valence-corrected chi connectivity index (χ2v) is 4.77. The van der Waals surface area contributed by atoms with Gasteiger partial charge >= 0.3 is 5.97 Å². The zero-order valence-corrected chi connectivity index (χ0v) is 12.7. The first-order valence-corrected chi connectivity index (χ1v) is 6.77. The molecule has 0 aliphatic carbocycles. The lowest BCUT2D eigenvalue weighted by molar-refractivity contribution is -0.120. The number of hydrogen-bond donors (Lipinski definition) is 3. The van der Waals surface area contributed by atoms with E-state index in [0.717, 1.165) is 0 Å². The SMILES string of the molecule is COC(=O)c1ccc(/C=N\NC(=O)Cc2c(C)[nH][nH]c2=O)cc1. The van der Waals surface area contributed by atoms with Crippen LogP contribution in [0.2, 0.25) is 0 Å². The molecule has 0 spiro atoms. The first-order chi connectivity index (χ1) is 11.0. The zero-order valence-electron chi connectivity index (χ0n) is 12.7. The van der Waals surface area contributed by atoms with E-state index in [1.807, 2.05) is 0 Å². The van der Waals surface area contributed by atoms with E-state index in [2.05, 4.69) is 25.5 Å². The quantitative estimate of drug-likeness (QED) is 0.423. The number of nitrogens with zero attached hydrogens (tertiary/aromatic N) is 1. The lowest BCUT2D eigenvalue weighted by Crippen LogP contribution is -2.23. The third-order valence-electron chi connectivity index (χ3n) is 3.16. The first kappa shape index (κ1) is 16.2. The van der Waals surface area contributed by atoms with Gasteiger partial charge in [0.25, 0.3) is 5.56 Å². The number of H-pyrrole nitrogens is 2. The summed E-state index contributed by atoms with van der Waals surface area (Å²) < 4.78 is 4.60. The van der Waals surface area contributed by atoms with E-state index < -0.39 is 11.9 Å². The molecule has 0 aliphatic rings. The number of rotatable bonds is 5. The Morgan fingerprint density at radius 1 is 1.26 bits per heavy atom. The van der Waals surface area contributed by atoms with Crippen LogP contribution in [0.3, 0.4) is 0 Å². The Morgan fingerprint density at radius 2 is 1.96 bits per heavy atom. The Hall–Kier alpha value is -3.16. The van der Waals surface area contributed by atoms with Crippen molar-refractivity contribution in [3.63, 3.8) is 0 Å². The zero-order chi connectivity index (χ0) is 16.8. The molecule has 1 aromatic carbocycles. The number of hydrogen-bond acceptors (Lipinski definition) is 5. The predicted molar refractivity (Wildman–Crippen MR) is 83.4 cm³/mol. The summed E-state index contributed by atoms with van der Waals surface area (Å²) in [5, 5.41) is 8.87. The fourth-order valence-corrected chi connectivity index (χ4v) is 1.89. The van der Waals surface area contributed by atoms with Crippen LogP contribution in [0.1, 0.15) is 27.2 Å². The molecule has 0 saturated heterocycles. The third kappa shape index (κ3) is 4.16. The average Bonchev–Trinajstić information content (AvgIpc) is 2.86. The summed E-state index contributed by atoms with van der Waals surface area (Å²) >= 11 is 0. The average molecular weight is 316 g/mol. The van der Waals surface area contributed by atoms with Gasteiger partial charge in [-0.2, -0.15) is 5.10 Å². The van der Waals surface area contributed by atoms with E-state index in [1.165, 1.54) is 13.3 Å². The topological polar surface area (TPSA) is 116 Å². The van der Waals surface area contributed by atoms with Crippen molar-refractivity contribution in [3.05, 3.63) is 57.0 Å². The highest BCUT2D eigenvalue weighted by Crippen LogP contribution is 2.04. The predicted octanol–water partition coefficient (Wildman–Crippen LogP) is 0.491. The second-order valence-electron chi connectivity index (χ2n) is 4.77. The van der Waals surface area contributed by atoms with Gasteiger partial charge in [-0.1, -0.05) is 12.1 Å². The summed E-state index contributed by atoms with van der Waals surface area (Å²) in [5.41, 5.74) is 4.15. The third-order valence-corrected chi connectivity index (χ3v) is 3.16. The number of amides is 1. The number of carbonyl (C=O) groups is 2. The van der Waals surface area contributed by atoms with Crippen LogP contribution in [-0.2, 0) is 16.0 Å². The molecule has 0 bridgehead atoms. The molecule has 0 saturated carbocycles. The molecular formula is C15H16N4O4. The molecular weight excluding hydrogens is 300 g/mol. The highest BCUT2D eigenvalue weighted by molar-refractivity contribution is 5.90. The lowest BCUT2D eigenvalue weighted by atomic mass is 10.1. The fourth-order valence-electron chi connectivity index (χ4n) is 1.89. The molecule has 1 aromatic heterocycles. The van der Waals surface area contributed by atoms with Gasteiger partial charge in [-0.15, -0.1) is 0 Å². The summed E-state index contributed by atoms with van der Waals surface area (Å²) in [6, 6.07) is 6.53. The minimum Gasteiger partial charge on any atom is -0.465 e. The summed E-state index contributed by atoms with van der Waals surface area (Å²) in [5.74, 6) is -0.825. The number of hydrazone groups is 1. The number of ether oxygens (including phenoxy) is 1. The maximum atomic E-state index is 11.7. The van der Waals surface area contributed by atoms with Crippen LogP contribution in [0.25, 0.3) is 0 Å². The number of aromatic amines is 2. The largest absolute Gasteiger partial charge is 0.465 e. The lowest BCUT2D eigenvalue weighted by Gasteiger charge is -2.00. The number of benzene rings is 1. The number of carbonyl (C=O) groups excluding carboxylic acids is 2. The Kier molecular flexibility index (Phi) is 5.08. The van der Waals surface area contributed by atoms with Gasteiger partial charge in [-0.05, 0) is 24.6 Å². The molecule has 23 heavy (non-hydrogen) atoms. The normalized spacial score (nSPS) is 10.7. The second kappa shape index (κ2) is 7.21. The van der Waals surface area contributed by atoms with Crippen molar-refractivity contribution in [2.75, 3.05) is 7.11 Å². The maximum absolute atomic E-state index is 11.7. The Bertz CT molecular complexity index is 787. The van der Waals surface area contributed by atoms with Gasteiger partial charge in [0.1, 0.15) is 0 Å². The molecule has 1 amide bonds. The van der Waals surface area contributed by atoms with Crippen molar-refractivity contribution in [2.24, 2.45) is 5.10 Å². The number of aryl methyl sites for hydroxylation is 1. The standard InChI is InChI=1S/C15H16N4O4/c1-9-12(14(21)19-17-9)7-13(20)18-16-8-10-3-5-11(6-4-10)15(22)23-2/h3-6,8H,7H2,1-2H3,(H,18,20)(H2,17,19,21)/b16-8-. The number of nitrogens with one attached hydrogen (secondary N) is 3. The van der Waals surface area contributed by atoms with Gasteiger partial charge in [-0.3, -0.25) is 14.7 Å². The Morgan fingerprint density at radius 3 is 2.52 bits per heavy atom. The summed E-state index contributed by atoms with van der Waals surface area (Å²) in [7, 11) is 1.31. The van der Waals surface area contributed by atoms with Gasteiger partial charge in [-0.25, -0.2) is 10.2 Å². The van der Waals surface area contributed by atoms with Crippen LogP contribution in [0.4, 0.5) is 0 Å². The molecule has 120 valence electrons. The highest BCUT2D eigenvalue weighted by atomic mass is 16.5. The molecule has 0 atom stereocenters. The van der Waals surface area contributed by atoms with E-state index in [0.29, 0.717) is 22.4 Å². The van der Waals surface area contributed by atoms with Gasteiger partial charge in [0, 0.05) is 11.3 Å². The molecule has 8 heteroatoms. The fraction of sp³-hybridized carbons (Fsp3) is 0.200. The Balaban J connectivity index is 1.92. The molecule has 2 rings (SSSR count). The molecule has 8 nitrogen and oxygen atoms in total. The van der Waals surface area contributed by atoms with E-state index in [-0.39, 0.29) is 12.0 Å². The van der Waals surface area contributed by atoms with Crippen molar-refractivity contribution >= 4 is 18.1 Å². The summed E-state index contributed by atoms with van der Waals surface area (Å²) in [4.78, 5) is 34.5. The smallest absolute Gasteiger partial charge is 0.337 e. The van der Waals surface area contributed by atoms with Crippen molar-refractivity contribution < 1.29 is 14.3 Å². The molecule has 0 radical (unpaired) electrons. The van der Waals surface area contributed by atoms with Crippen LogP contribution in [0.5, 0.6) is 0 Å². The van der Waals surface area contributed by atoms with Crippen LogP contribution in [0, 0.1) is 6.92 Å². The van der Waals surface area contributed by atoms with E-state index in [9.17, 15) is 14.4 Å². The van der Waals surface area contributed by atoms with Crippen molar-refractivity contribution in [1.29, 1.82) is 0 Å². The van der Waals surface area contributed by atoms with Crippen LogP contribution in [-0.4, -0.2) is 35.4 Å². The summed E-state index contributed by atoms with van der Waals surface area (Å²) in [6.45, 7) is 1.70. The maximum Gasteiger partial charge on any atom is 0.337 e. The molecule has 2 aromatic rings. The van der Waals surface area contributed by atoms with Crippen LogP contribution < -0.4 is 11.0 Å². The van der Waals surface area contributed by atoms with E-state index >= 15 is 0 Å². The number of methoxy groups -OCH3 is 1. The van der Waals surface area contributed by atoms with E-state index in [1.54, 1.807) is 31.2 Å². The minimum absolute atomic E-state index is 0.0662. The minimum atomic E-state index is -0.422. The van der Waals surface area contributed by atoms with Gasteiger partial charge in [0.2, 0.25) is 5.91 Å². The Labute approximate surface area is 131 Å². The van der Waals surface area contributed by atoms with E-state index in [4.69, 9.17) is 0 Å². The van der Waals surface area contributed by atoms with Gasteiger partial charge in [0.05, 0.1) is 25.3 Å². The number of aromatic nitrogens is 2. The van der Waals surface area contributed by atoms with Crippen molar-refractivity contribution in [3.8, 4) is 0 Å². The first-order valence-electron chi connectivity index (χ1n) is 6.77. The highest BCUT2D eigenvalue weighted by Gasteiger charge is 2.10. The van der Waals surface area contributed by atoms with Gasteiger partial charge < -0.3 is 9.84 Å². The van der Waals surface area contributed by atoms with Crippen LogP contribution in [0.15, 0.2) is 34.2 Å². The molecule has 0 aliphatic heterocycles. The molecule has 1 heterocycles. The number of esters is 1. The monoisotopic (exact) mass is 316 g/mol. The van der Waals surface area contributed by atoms with Gasteiger partial charge in [0.15, 0.2) is 0 Å². The molecule has 0 fully saturated rings. The summed E-state index contributed by atoms with van der Waals surface area (Å²) in [6.07, 6.45) is 1.37. The molecule has 0 unspecified atom stereocenters.